The van der Waals surface area contributed by atoms with Crippen molar-refractivity contribution >= 4 is 11.6 Å². The Hall–Kier alpha value is -3.93. The number of aromatic nitrogens is 3. The quantitative estimate of drug-likeness (QED) is 0.507. The summed E-state index contributed by atoms with van der Waals surface area (Å²) in [5.74, 6) is 0.646. The Labute approximate surface area is 175 Å². The summed E-state index contributed by atoms with van der Waals surface area (Å²) in [4.78, 5) is 16.6. The molecule has 4 aromatic rings. The lowest BCUT2D eigenvalue weighted by molar-refractivity contribution is 0.102. The molecule has 150 valence electrons. The fourth-order valence-corrected chi connectivity index (χ4v) is 3.28. The van der Waals surface area contributed by atoms with Gasteiger partial charge in [0.1, 0.15) is 18.4 Å². The van der Waals surface area contributed by atoms with E-state index < -0.39 is 0 Å². The fourth-order valence-electron chi connectivity index (χ4n) is 3.28. The van der Waals surface area contributed by atoms with Gasteiger partial charge in [-0.25, -0.2) is 9.67 Å². The molecule has 6 heteroatoms. The minimum Gasteiger partial charge on any atom is -0.496 e. The molecule has 4 rings (SSSR count). The van der Waals surface area contributed by atoms with Crippen LogP contribution in [0.2, 0.25) is 0 Å². The number of amides is 1. The molecule has 0 fully saturated rings. The summed E-state index contributed by atoms with van der Waals surface area (Å²) in [5.41, 5.74) is 4.58. The van der Waals surface area contributed by atoms with E-state index >= 15 is 0 Å². The van der Waals surface area contributed by atoms with Gasteiger partial charge in [-0.05, 0) is 41.5 Å². The molecule has 0 bridgehead atoms. The zero-order valence-corrected chi connectivity index (χ0v) is 16.7. The zero-order valence-electron chi connectivity index (χ0n) is 16.7. The number of rotatable bonds is 7. The second-order valence-corrected chi connectivity index (χ2v) is 6.93. The van der Waals surface area contributed by atoms with Gasteiger partial charge in [0, 0.05) is 23.2 Å². The largest absolute Gasteiger partial charge is 0.496 e. The normalized spacial score (nSPS) is 10.6. The van der Waals surface area contributed by atoms with E-state index in [0.717, 1.165) is 29.0 Å². The van der Waals surface area contributed by atoms with Gasteiger partial charge in [0.05, 0.1) is 13.7 Å². The van der Waals surface area contributed by atoms with Gasteiger partial charge in [0.15, 0.2) is 0 Å². The Balaban J connectivity index is 1.46. The third kappa shape index (κ3) is 4.72. The molecular formula is C24H22N4O2. The van der Waals surface area contributed by atoms with Crippen molar-refractivity contribution in [1.29, 1.82) is 0 Å². The van der Waals surface area contributed by atoms with Gasteiger partial charge < -0.3 is 10.1 Å². The number of carbonyl (C=O) groups is 1. The van der Waals surface area contributed by atoms with Crippen LogP contribution in [0.15, 0.2) is 85.5 Å². The van der Waals surface area contributed by atoms with Crippen LogP contribution in [0, 0.1) is 0 Å². The standard InChI is InChI=1S/C24H22N4O2/c1-30-23-12-11-22(14-21(23)13-18-5-3-2-4-6-18)27-24(29)20-9-7-19(8-10-20)15-28-17-25-16-26-28/h2-12,14,16-17H,13,15H2,1H3,(H,27,29). The predicted molar refractivity (Wildman–Crippen MR) is 116 cm³/mol. The van der Waals surface area contributed by atoms with Crippen LogP contribution in [0.4, 0.5) is 5.69 Å². The third-order valence-electron chi connectivity index (χ3n) is 4.80. The molecule has 0 atom stereocenters. The number of hydrogen-bond donors (Lipinski definition) is 1. The van der Waals surface area contributed by atoms with E-state index in [-0.39, 0.29) is 5.91 Å². The highest BCUT2D eigenvalue weighted by Crippen LogP contribution is 2.25. The number of methoxy groups -OCH3 is 1. The molecule has 0 saturated heterocycles. The summed E-state index contributed by atoms with van der Waals surface area (Å²) in [7, 11) is 1.66. The summed E-state index contributed by atoms with van der Waals surface area (Å²) in [5, 5.41) is 7.07. The van der Waals surface area contributed by atoms with E-state index in [1.165, 1.54) is 11.9 Å². The Morgan fingerprint density at radius 2 is 1.80 bits per heavy atom. The van der Waals surface area contributed by atoms with Crippen molar-refractivity contribution in [3.8, 4) is 5.75 Å². The summed E-state index contributed by atoms with van der Waals surface area (Å²) in [6, 6.07) is 23.3. The van der Waals surface area contributed by atoms with Gasteiger partial charge in [-0.15, -0.1) is 0 Å². The van der Waals surface area contributed by atoms with Gasteiger partial charge in [0.25, 0.3) is 5.91 Å². The van der Waals surface area contributed by atoms with E-state index in [1.54, 1.807) is 18.1 Å². The van der Waals surface area contributed by atoms with Crippen LogP contribution in [0.1, 0.15) is 27.0 Å². The third-order valence-corrected chi connectivity index (χ3v) is 4.80. The van der Waals surface area contributed by atoms with Crippen LogP contribution in [0.3, 0.4) is 0 Å². The lowest BCUT2D eigenvalue weighted by Crippen LogP contribution is -2.12. The van der Waals surface area contributed by atoms with Crippen LogP contribution in [-0.4, -0.2) is 27.8 Å². The number of anilines is 1. The number of benzene rings is 3. The number of ether oxygens (including phenoxy) is 1. The van der Waals surface area contributed by atoms with Crippen molar-refractivity contribution in [2.45, 2.75) is 13.0 Å². The van der Waals surface area contributed by atoms with Crippen LogP contribution >= 0.6 is 0 Å². The Morgan fingerprint density at radius 3 is 2.50 bits per heavy atom. The first-order valence-corrected chi connectivity index (χ1v) is 9.65. The summed E-state index contributed by atoms with van der Waals surface area (Å²) in [6.45, 7) is 0.614. The maximum atomic E-state index is 12.7. The molecule has 1 amide bonds. The molecular weight excluding hydrogens is 376 g/mol. The molecule has 0 saturated carbocycles. The van der Waals surface area contributed by atoms with Gasteiger partial charge >= 0.3 is 0 Å². The van der Waals surface area contributed by atoms with Crippen LogP contribution < -0.4 is 10.1 Å². The van der Waals surface area contributed by atoms with Crippen molar-refractivity contribution in [2.75, 3.05) is 12.4 Å². The van der Waals surface area contributed by atoms with E-state index in [0.29, 0.717) is 12.1 Å². The summed E-state index contributed by atoms with van der Waals surface area (Å²) >= 11 is 0. The molecule has 0 radical (unpaired) electrons. The van der Waals surface area contributed by atoms with Crippen molar-refractivity contribution in [3.05, 3.63) is 108 Å². The molecule has 0 aliphatic carbocycles. The second kappa shape index (κ2) is 9.05. The lowest BCUT2D eigenvalue weighted by Gasteiger charge is -2.12. The molecule has 0 unspecified atom stereocenters. The highest BCUT2D eigenvalue weighted by molar-refractivity contribution is 6.04. The van der Waals surface area contributed by atoms with Gasteiger partial charge in [-0.1, -0.05) is 42.5 Å². The average molecular weight is 398 g/mol. The topological polar surface area (TPSA) is 69.0 Å². The molecule has 6 nitrogen and oxygen atoms in total. The fraction of sp³-hybridized carbons (Fsp3) is 0.125. The highest BCUT2D eigenvalue weighted by atomic mass is 16.5. The average Bonchev–Trinajstić information content (AvgIpc) is 3.28. The molecule has 1 N–H and O–H groups in total. The highest BCUT2D eigenvalue weighted by Gasteiger charge is 2.10. The minimum absolute atomic E-state index is 0.155. The smallest absolute Gasteiger partial charge is 0.255 e. The van der Waals surface area contributed by atoms with Crippen molar-refractivity contribution in [3.63, 3.8) is 0 Å². The van der Waals surface area contributed by atoms with Gasteiger partial charge in [0.2, 0.25) is 0 Å². The first-order chi connectivity index (χ1) is 14.7. The van der Waals surface area contributed by atoms with Crippen molar-refractivity contribution in [2.24, 2.45) is 0 Å². The molecule has 30 heavy (non-hydrogen) atoms. The second-order valence-electron chi connectivity index (χ2n) is 6.93. The first kappa shape index (κ1) is 19.4. The van der Waals surface area contributed by atoms with E-state index in [4.69, 9.17) is 4.74 Å². The maximum absolute atomic E-state index is 12.7. The van der Waals surface area contributed by atoms with Crippen molar-refractivity contribution < 1.29 is 9.53 Å². The molecule has 3 aromatic carbocycles. The molecule has 0 aliphatic rings. The van der Waals surface area contributed by atoms with E-state index in [9.17, 15) is 4.79 Å². The number of carbonyl (C=O) groups excluding carboxylic acids is 1. The van der Waals surface area contributed by atoms with E-state index in [1.807, 2.05) is 60.7 Å². The molecule has 1 aromatic heterocycles. The minimum atomic E-state index is -0.155. The molecule has 1 heterocycles. The predicted octanol–water partition coefficient (Wildman–Crippen LogP) is 4.18. The Morgan fingerprint density at radius 1 is 1.00 bits per heavy atom. The number of nitrogens with zero attached hydrogens (tertiary/aromatic N) is 3. The van der Waals surface area contributed by atoms with Crippen LogP contribution in [-0.2, 0) is 13.0 Å². The lowest BCUT2D eigenvalue weighted by atomic mass is 10.0. The maximum Gasteiger partial charge on any atom is 0.255 e. The van der Waals surface area contributed by atoms with Crippen molar-refractivity contribution in [1.82, 2.24) is 14.8 Å². The van der Waals surface area contributed by atoms with Crippen LogP contribution in [0.5, 0.6) is 5.75 Å². The van der Waals surface area contributed by atoms with Gasteiger partial charge in [-0.3, -0.25) is 4.79 Å². The monoisotopic (exact) mass is 398 g/mol. The number of hydrogen-bond acceptors (Lipinski definition) is 4. The number of nitrogens with one attached hydrogen (secondary N) is 1. The van der Waals surface area contributed by atoms with Crippen LogP contribution in [0.25, 0.3) is 0 Å². The molecule has 0 aliphatic heterocycles. The van der Waals surface area contributed by atoms with E-state index in [2.05, 4.69) is 27.5 Å². The zero-order chi connectivity index (χ0) is 20.8. The summed E-state index contributed by atoms with van der Waals surface area (Å²) < 4.78 is 7.23. The Kier molecular flexibility index (Phi) is 5.85. The molecule has 0 spiro atoms. The van der Waals surface area contributed by atoms with Gasteiger partial charge in [-0.2, -0.15) is 5.10 Å². The SMILES string of the molecule is COc1ccc(NC(=O)c2ccc(Cn3cncn3)cc2)cc1Cc1ccccc1. The first-order valence-electron chi connectivity index (χ1n) is 9.65. The Bertz CT molecular complexity index is 1110. The summed E-state index contributed by atoms with van der Waals surface area (Å²) in [6.07, 6.45) is 3.89.